The maximum absolute atomic E-state index is 13.2. The van der Waals surface area contributed by atoms with E-state index in [1.54, 1.807) is 13.8 Å². The SMILES string of the molecule is CC(C)C(N)c1cc(F)c(F)cc1F. The van der Waals surface area contributed by atoms with E-state index in [-0.39, 0.29) is 11.5 Å². The second-order valence-electron chi connectivity index (χ2n) is 3.56. The zero-order valence-electron chi connectivity index (χ0n) is 8.02. The molecule has 78 valence electrons. The number of hydrogen-bond acceptors (Lipinski definition) is 1. The number of halogens is 3. The van der Waals surface area contributed by atoms with E-state index in [1.165, 1.54) is 0 Å². The van der Waals surface area contributed by atoms with Crippen LogP contribution in [0.15, 0.2) is 12.1 Å². The molecule has 0 heterocycles. The van der Waals surface area contributed by atoms with Gasteiger partial charge in [0.15, 0.2) is 11.6 Å². The molecule has 1 rings (SSSR count). The van der Waals surface area contributed by atoms with Crippen molar-refractivity contribution in [3.8, 4) is 0 Å². The van der Waals surface area contributed by atoms with Gasteiger partial charge in [-0.05, 0) is 12.0 Å². The highest BCUT2D eigenvalue weighted by molar-refractivity contribution is 5.23. The Labute approximate surface area is 80.7 Å². The smallest absolute Gasteiger partial charge is 0.161 e. The Balaban J connectivity index is 3.15. The van der Waals surface area contributed by atoms with Gasteiger partial charge in [-0.3, -0.25) is 0 Å². The molecule has 1 aromatic rings. The number of rotatable bonds is 2. The Morgan fingerprint density at radius 3 is 2.00 bits per heavy atom. The molecule has 0 aliphatic carbocycles. The van der Waals surface area contributed by atoms with Gasteiger partial charge in [-0.1, -0.05) is 13.8 Å². The minimum atomic E-state index is -1.19. The zero-order chi connectivity index (χ0) is 10.9. The number of benzene rings is 1. The fourth-order valence-corrected chi connectivity index (χ4v) is 1.15. The molecule has 14 heavy (non-hydrogen) atoms. The van der Waals surface area contributed by atoms with Crippen molar-refractivity contribution >= 4 is 0 Å². The van der Waals surface area contributed by atoms with Gasteiger partial charge >= 0.3 is 0 Å². The van der Waals surface area contributed by atoms with Crippen LogP contribution in [0.4, 0.5) is 13.2 Å². The van der Waals surface area contributed by atoms with Crippen LogP contribution < -0.4 is 5.73 Å². The molecule has 0 amide bonds. The van der Waals surface area contributed by atoms with E-state index in [2.05, 4.69) is 0 Å². The minimum absolute atomic E-state index is 0.0129. The van der Waals surface area contributed by atoms with Crippen LogP contribution in [0.5, 0.6) is 0 Å². The van der Waals surface area contributed by atoms with Gasteiger partial charge in [0.05, 0.1) is 0 Å². The van der Waals surface area contributed by atoms with Crippen molar-refractivity contribution in [2.24, 2.45) is 11.7 Å². The first kappa shape index (κ1) is 11.0. The van der Waals surface area contributed by atoms with Crippen molar-refractivity contribution in [1.29, 1.82) is 0 Å². The first-order chi connectivity index (χ1) is 6.43. The van der Waals surface area contributed by atoms with E-state index in [1.807, 2.05) is 0 Å². The summed E-state index contributed by atoms with van der Waals surface area (Å²) in [4.78, 5) is 0. The summed E-state index contributed by atoms with van der Waals surface area (Å²) >= 11 is 0. The van der Waals surface area contributed by atoms with Gasteiger partial charge in [0.2, 0.25) is 0 Å². The monoisotopic (exact) mass is 203 g/mol. The van der Waals surface area contributed by atoms with Crippen molar-refractivity contribution < 1.29 is 13.2 Å². The second-order valence-corrected chi connectivity index (χ2v) is 3.56. The van der Waals surface area contributed by atoms with Crippen molar-refractivity contribution in [3.63, 3.8) is 0 Å². The van der Waals surface area contributed by atoms with Gasteiger partial charge in [-0.25, -0.2) is 13.2 Å². The van der Waals surface area contributed by atoms with E-state index in [0.717, 1.165) is 6.07 Å². The Hall–Kier alpha value is -1.03. The predicted octanol–water partition coefficient (Wildman–Crippen LogP) is 2.76. The summed E-state index contributed by atoms with van der Waals surface area (Å²) in [6.07, 6.45) is 0. The van der Waals surface area contributed by atoms with E-state index < -0.39 is 23.5 Å². The van der Waals surface area contributed by atoms with E-state index in [0.29, 0.717) is 6.07 Å². The topological polar surface area (TPSA) is 26.0 Å². The van der Waals surface area contributed by atoms with E-state index in [4.69, 9.17) is 5.73 Å². The van der Waals surface area contributed by atoms with E-state index >= 15 is 0 Å². The van der Waals surface area contributed by atoms with Crippen molar-refractivity contribution in [2.45, 2.75) is 19.9 Å². The zero-order valence-corrected chi connectivity index (χ0v) is 8.02. The molecule has 0 fully saturated rings. The molecule has 0 bridgehead atoms. The van der Waals surface area contributed by atoms with Gasteiger partial charge in [-0.2, -0.15) is 0 Å². The van der Waals surface area contributed by atoms with Gasteiger partial charge < -0.3 is 5.73 Å². The molecule has 4 heteroatoms. The summed E-state index contributed by atoms with van der Waals surface area (Å²) < 4.78 is 38.5. The standard InChI is InChI=1S/C10H12F3N/c1-5(2)10(14)6-3-8(12)9(13)4-7(6)11/h3-5,10H,14H2,1-2H3. The van der Waals surface area contributed by atoms with Crippen LogP contribution in [0.1, 0.15) is 25.5 Å². The number of hydrogen-bond donors (Lipinski definition) is 1. The van der Waals surface area contributed by atoms with Gasteiger partial charge in [0.1, 0.15) is 5.82 Å². The summed E-state index contributed by atoms with van der Waals surface area (Å²) in [5.41, 5.74) is 5.64. The third kappa shape index (κ3) is 2.07. The van der Waals surface area contributed by atoms with Crippen molar-refractivity contribution in [2.75, 3.05) is 0 Å². The molecule has 0 spiro atoms. The third-order valence-electron chi connectivity index (χ3n) is 2.12. The summed E-state index contributed by atoms with van der Waals surface area (Å²) in [5.74, 6) is -3.10. The Morgan fingerprint density at radius 2 is 1.50 bits per heavy atom. The second kappa shape index (κ2) is 4.00. The lowest BCUT2D eigenvalue weighted by Crippen LogP contribution is -2.18. The first-order valence-electron chi connectivity index (χ1n) is 4.33. The summed E-state index contributed by atoms with van der Waals surface area (Å²) in [6, 6.07) is 0.715. The van der Waals surface area contributed by atoms with Gasteiger partial charge in [0.25, 0.3) is 0 Å². The summed E-state index contributed by atoms with van der Waals surface area (Å²) in [6.45, 7) is 3.57. The maximum Gasteiger partial charge on any atom is 0.161 e. The van der Waals surface area contributed by atoms with Crippen LogP contribution in [0.2, 0.25) is 0 Å². The van der Waals surface area contributed by atoms with Crippen LogP contribution in [0, 0.1) is 23.4 Å². The molecule has 1 unspecified atom stereocenters. The van der Waals surface area contributed by atoms with Gasteiger partial charge in [-0.15, -0.1) is 0 Å². The van der Waals surface area contributed by atoms with Crippen LogP contribution in [-0.4, -0.2) is 0 Å². The Bertz CT molecular complexity index is 336. The molecule has 1 nitrogen and oxygen atoms in total. The molecular formula is C10H12F3N. The lowest BCUT2D eigenvalue weighted by Gasteiger charge is -2.16. The normalized spacial score (nSPS) is 13.4. The third-order valence-corrected chi connectivity index (χ3v) is 2.12. The molecule has 0 aliphatic heterocycles. The average molecular weight is 203 g/mol. The predicted molar refractivity (Wildman–Crippen MR) is 48.1 cm³/mol. The Kier molecular flexibility index (Phi) is 3.16. The largest absolute Gasteiger partial charge is 0.324 e. The maximum atomic E-state index is 13.2. The van der Waals surface area contributed by atoms with E-state index in [9.17, 15) is 13.2 Å². The fourth-order valence-electron chi connectivity index (χ4n) is 1.15. The molecule has 0 radical (unpaired) electrons. The molecule has 1 aromatic carbocycles. The Morgan fingerprint density at radius 1 is 1.00 bits per heavy atom. The molecule has 2 N–H and O–H groups in total. The minimum Gasteiger partial charge on any atom is -0.324 e. The lowest BCUT2D eigenvalue weighted by atomic mass is 9.96. The van der Waals surface area contributed by atoms with Crippen LogP contribution >= 0.6 is 0 Å². The highest BCUT2D eigenvalue weighted by Crippen LogP contribution is 2.23. The molecule has 0 saturated carbocycles. The molecule has 0 aliphatic rings. The fraction of sp³-hybridized carbons (Fsp3) is 0.400. The molecule has 0 aromatic heterocycles. The van der Waals surface area contributed by atoms with Gasteiger partial charge in [0, 0.05) is 17.7 Å². The number of nitrogens with two attached hydrogens (primary N) is 1. The van der Waals surface area contributed by atoms with Crippen LogP contribution in [0.25, 0.3) is 0 Å². The first-order valence-corrected chi connectivity index (χ1v) is 4.33. The van der Waals surface area contributed by atoms with Crippen LogP contribution in [0.3, 0.4) is 0 Å². The highest BCUT2D eigenvalue weighted by Gasteiger charge is 2.17. The van der Waals surface area contributed by atoms with Crippen LogP contribution in [-0.2, 0) is 0 Å². The lowest BCUT2D eigenvalue weighted by molar-refractivity contribution is 0.457. The van der Waals surface area contributed by atoms with Crippen molar-refractivity contribution in [1.82, 2.24) is 0 Å². The van der Waals surface area contributed by atoms with Crippen molar-refractivity contribution in [3.05, 3.63) is 35.1 Å². The summed E-state index contributed by atoms with van der Waals surface area (Å²) in [5, 5.41) is 0. The molecule has 0 saturated heterocycles. The average Bonchev–Trinajstić information content (AvgIpc) is 2.10. The molecule has 1 atom stereocenters. The highest BCUT2D eigenvalue weighted by atomic mass is 19.2. The summed E-state index contributed by atoms with van der Waals surface area (Å²) in [7, 11) is 0. The quantitative estimate of drug-likeness (QED) is 0.735. The molecular weight excluding hydrogens is 191 g/mol.